The third kappa shape index (κ3) is 5.34. The van der Waals surface area contributed by atoms with Gasteiger partial charge in [0.1, 0.15) is 18.4 Å². The average molecular weight is 293 g/mol. The minimum atomic E-state index is -0.980. The van der Waals surface area contributed by atoms with Crippen LogP contribution < -0.4 is 15.8 Å². The normalized spacial score (nSPS) is 17.4. The Bertz CT molecular complexity index is 444. The molecule has 1 aliphatic rings. The van der Waals surface area contributed by atoms with Crippen molar-refractivity contribution in [2.45, 2.75) is 12.5 Å². The zero-order valence-electron chi connectivity index (χ0n) is 12.1. The van der Waals surface area contributed by atoms with Crippen LogP contribution >= 0.6 is 0 Å². The molecule has 1 aromatic rings. The molecule has 1 atom stereocenters. The number of nitrogens with zero attached hydrogens (tertiary/aromatic N) is 1. The monoisotopic (exact) mass is 293 g/mol. The van der Waals surface area contributed by atoms with Crippen LogP contribution in [0.3, 0.4) is 0 Å². The van der Waals surface area contributed by atoms with E-state index in [9.17, 15) is 4.79 Å². The number of hydrogen-bond acceptors (Lipinski definition) is 5. The van der Waals surface area contributed by atoms with Crippen LogP contribution in [0, 0.1) is 0 Å². The van der Waals surface area contributed by atoms with Crippen molar-refractivity contribution in [3.8, 4) is 5.75 Å². The summed E-state index contributed by atoms with van der Waals surface area (Å²) in [5.74, 6) is -0.177. The summed E-state index contributed by atoms with van der Waals surface area (Å²) in [6.07, 6.45) is 0.330. The first-order valence-corrected chi connectivity index (χ1v) is 7.28. The first-order valence-electron chi connectivity index (χ1n) is 7.28. The van der Waals surface area contributed by atoms with Crippen LogP contribution in [0.15, 0.2) is 24.3 Å². The lowest BCUT2D eigenvalue weighted by Gasteiger charge is -2.26. The zero-order valence-corrected chi connectivity index (χ0v) is 12.1. The fraction of sp³-hybridized carbons (Fsp3) is 0.533. The summed E-state index contributed by atoms with van der Waals surface area (Å²) < 4.78 is 5.71. The van der Waals surface area contributed by atoms with E-state index in [-0.39, 0.29) is 0 Å². The summed E-state index contributed by atoms with van der Waals surface area (Å²) in [7, 11) is 0. The highest BCUT2D eigenvalue weighted by Gasteiger charge is 2.12. The van der Waals surface area contributed by atoms with E-state index in [0.717, 1.165) is 44.0 Å². The van der Waals surface area contributed by atoms with Gasteiger partial charge in [0, 0.05) is 32.7 Å². The number of aliphatic carboxylic acids is 1. The predicted molar refractivity (Wildman–Crippen MR) is 80.6 cm³/mol. The minimum absolute atomic E-state index is 0.330. The molecule has 6 heteroatoms. The van der Waals surface area contributed by atoms with Gasteiger partial charge in [-0.15, -0.1) is 0 Å². The molecule has 0 radical (unpaired) electrons. The fourth-order valence-corrected chi connectivity index (χ4v) is 2.29. The lowest BCUT2D eigenvalue weighted by atomic mass is 10.1. The Balaban J connectivity index is 1.73. The van der Waals surface area contributed by atoms with Gasteiger partial charge in [-0.1, -0.05) is 12.1 Å². The average Bonchev–Trinajstić information content (AvgIpc) is 2.50. The smallest absolute Gasteiger partial charge is 0.320 e. The van der Waals surface area contributed by atoms with Crippen molar-refractivity contribution in [2.24, 2.45) is 5.73 Å². The van der Waals surface area contributed by atoms with Gasteiger partial charge in [0.05, 0.1) is 0 Å². The highest BCUT2D eigenvalue weighted by Crippen LogP contribution is 2.13. The maximum absolute atomic E-state index is 10.7. The van der Waals surface area contributed by atoms with Gasteiger partial charge < -0.3 is 20.9 Å². The van der Waals surface area contributed by atoms with Crippen molar-refractivity contribution in [2.75, 3.05) is 39.3 Å². The molecule has 2 rings (SSSR count). The van der Waals surface area contributed by atoms with E-state index in [1.165, 1.54) is 0 Å². The van der Waals surface area contributed by atoms with Crippen LogP contribution in [-0.2, 0) is 11.2 Å². The van der Waals surface area contributed by atoms with Crippen molar-refractivity contribution in [3.63, 3.8) is 0 Å². The number of hydrogen-bond donors (Lipinski definition) is 3. The van der Waals surface area contributed by atoms with E-state index in [4.69, 9.17) is 15.6 Å². The lowest BCUT2D eigenvalue weighted by molar-refractivity contribution is -0.138. The Morgan fingerprint density at radius 3 is 2.62 bits per heavy atom. The third-order valence-corrected chi connectivity index (χ3v) is 3.58. The van der Waals surface area contributed by atoms with Gasteiger partial charge in [-0.25, -0.2) is 0 Å². The highest BCUT2D eigenvalue weighted by molar-refractivity contribution is 5.73. The maximum atomic E-state index is 10.7. The first-order chi connectivity index (χ1) is 10.1. The second-order valence-corrected chi connectivity index (χ2v) is 5.23. The van der Waals surface area contributed by atoms with E-state index in [1.54, 1.807) is 0 Å². The van der Waals surface area contributed by atoms with E-state index < -0.39 is 12.0 Å². The summed E-state index contributed by atoms with van der Waals surface area (Å²) in [6, 6.07) is 6.60. The Kier molecular flexibility index (Phi) is 5.98. The molecule has 1 aromatic carbocycles. The summed E-state index contributed by atoms with van der Waals surface area (Å²) in [5, 5.41) is 12.1. The topological polar surface area (TPSA) is 87.8 Å². The summed E-state index contributed by atoms with van der Waals surface area (Å²) in [5.41, 5.74) is 6.41. The van der Waals surface area contributed by atoms with Crippen molar-refractivity contribution in [1.82, 2.24) is 10.2 Å². The molecule has 0 bridgehead atoms. The van der Waals surface area contributed by atoms with Crippen molar-refractivity contribution < 1.29 is 14.6 Å². The minimum Gasteiger partial charge on any atom is -0.492 e. The molecule has 4 N–H and O–H groups in total. The van der Waals surface area contributed by atoms with E-state index in [0.29, 0.717) is 13.0 Å². The molecule has 0 unspecified atom stereocenters. The van der Waals surface area contributed by atoms with Crippen LogP contribution in [0.5, 0.6) is 5.75 Å². The molecular weight excluding hydrogens is 270 g/mol. The van der Waals surface area contributed by atoms with E-state index in [1.807, 2.05) is 24.3 Å². The number of benzene rings is 1. The molecule has 1 fully saturated rings. The molecule has 0 aliphatic carbocycles. The van der Waals surface area contributed by atoms with Crippen LogP contribution in [0.2, 0.25) is 0 Å². The van der Waals surface area contributed by atoms with E-state index in [2.05, 4.69) is 10.2 Å². The number of nitrogens with one attached hydrogen (secondary N) is 1. The van der Waals surface area contributed by atoms with E-state index >= 15 is 0 Å². The van der Waals surface area contributed by atoms with Gasteiger partial charge in [-0.2, -0.15) is 0 Å². The van der Waals surface area contributed by atoms with Crippen LogP contribution in [0.4, 0.5) is 0 Å². The molecule has 1 aliphatic heterocycles. The highest BCUT2D eigenvalue weighted by atomic mass is 16.5. The summed E-state index contributed by atoms with van der Waals surface area (Å²) >= 11 is 0. The van der Waals surface area contributed by atoms with Crippen molar-refractivity contribution >= 4 is 5.97 Å². The Morgan fingerprint density at radius 1 is 1.33 bits per heavy atom. The second kappa shape index (κ2) is 7.97. The van der Waals surface area contributed by atoms with Gasteiger partial charge in [-0.05, 0) is 24.1 Å². The standard InChI is InChI=1S/C15H23N3O3/c16-14(15(19)20)11-12-1-3-13(4-2-12)21-10-9-18-7-5-17-6-8-18/h1-4,14,17H,5-11,16H2,(H,19,20)/t14-/m0/s1. The number of piperazine rings is 1. The fourth-order valence-electron chi connectivity index (χ4n) is 2.29. The number of rotatable bonds is 7. The number of nitrogens with two attached hydrogens (primary N) is 1. The molecule has 0 saturated carbocycles. The molecule has 0 aromatic heterocycles. The third-order valence-electron chi connectivity index (χ3n) is 3.58. The van der Waals surface area contributed by atoms with Gasteiger partial charge in [0.2, 0.25) is 0 Å². The summed E-state index contributed by atoms with van der Waals surface area (Å²) in [6.45, 7) is 5.79. The van der Waals surface area contributed by atoms with Crippen LogP contribution in [0.25, 0.3) is 0 Å². The van der Waals surface area contributed by atoms with Crippen molar-refractivity contribution in [1.29, 1.82) is 0 Å². The molecule has 116 valence electrons. The van der Waals surface area contributed by atoms with Gasteiger partial charge in [-0.3, -0.25) is 9.69 Å². The Labute approximate surface area is 124 Å². The molecule has 0 amide bonds. The molecular formula is C15H23N3O3. The first kappa shape index (κ1) is 15.8. The maximum Gasteiger partial charge on any atom is 0.320 e. The zero-order chi connectivity index (χ0) is 15.1. The Morgan fingerprint density at radius 2 is 2.00 bits per heavy atom. The van der Waals surface area contributed by atoms with Crippen LogP contribution in [-0.4, -0.2) is 61.3 Å². The summed E-state index contributed by atoms with van der Waals surface area (Å²) in [4.78, 5) is 13.1. The molecule has 6 nitrogen and oxygen atoms in total. The number of carbonyl (C=O) groups is 1. The second-order valence-electron chi connectivity index (χ2n) is 5.23. The van der Waals surface area contributed by atoms with Crippen molar-refractivity contribution in [3.05, 3.63) is 29.8 Å². The molecule has 1 saturated heterocycles. The quantitative estimate of drug-likeness (QED) is 0.652. The van der Waals surface area contributed by atoms with Gasteiger partial charge in [0.25, 0.3) is 0 Å². The molecule has 21 heavy (non-hydrogen) atoms. The van der Waals surface area contributed by atoms with Gasteiger partial charge in [0.15, 0.2) is 0 Å². The number of carboxylic acids is 1. The SMILES string of the molecule is N[C@@H](Cc1ccc(OCCN2CCNCC2)cc1)C(=O)O. The van der Waals surface area contributed by atoms with Gasteiger partial charge >= 0.3 is 5.97 Å². The Hall–Kier alpha value is -1.63. The number of ether oxygens (including phenoxy) is 1. The van der Waals surface area contributed by atoms with Crippen LogP contribution in [0.1, 0.15) is 5.56 Å². The molecule has 1 heterocycles. The lowest BCUT2D eigenvalue weighted by Crippen LogP contribution is -2.44. The number of carboxylic acid groups (broad SMARTS) is 1. The predicted octanol–water partition coefficient (Wildman–Crippen LogP) is -0.0750. The largest absolute Gasteiger partial charge is 0.492 e. The molecule has 0 spiro atoms.